The molecule has 2 heterocycles. The molecule has 3 aromatic carbocycles. The number of carbonyl (C=O) groups excluding carboxylic acids is 5. The van der Waals surface area contributed by atoms with Crippen LogP contribution < -0.4 is 10.2 Å². The lowest BCUT2D eigenvalue weighted by atomic mass is 9.95. The van der Waals surface area contributed by atoms with Gasteiger partial charge in [-0.2, -0.15) is 10.1 Å². The van der Waals surface area contributed by atoms with Crippen molar-refractivity contribution in [1.82, 2.24) is 10.3 Å². The molecule has 9 nitrogen and oxygen atoms in total. The minimum absolute atomic E-state index is 0.150. The molecule has 0 aliphatic carbocycles. The molecular formula is C23H12BrClN4O5. The van der Waals surface area contributed by atoms with E-state index in [2.05, 4.69) is 26.3 Å². The molecule has 0 radical (unpaired) electrons. The van der Waals surface area contributed by atoms with Crippen LogP contribution in [0.25, 0.3) is 10.8 Å². The van der Waals surface area contributed by atoms with Gasteiger partial charge in [0.1, 0.15) is 0 Å². The fourth-order valence-corrected chi connectivity index (χ4v) is 4.51. The van der Waals surface area contributed by atoms with Gasteiger partial charge in [0.05, 0.1) is 16.8 Å². The van der Waals surface area contributed by atoms with Crippen molar-refractivity contribution in [1.29, 1.82) is 0 Å². The summed E-state index contributed by atoms with van der Waals surface area (Å²) in [5.41, 5.74) is 0.651. The maximum absolute atomic E-state index is 13.0. The summed E-state index contributed by atoms with van der Waals surface area (Å²) in [5, 5.41) is 8.04. The molecule has 11 heteroatoms. The number of hydrogen-bond donors (Lipinski definition) is 1. The molecule has 0 aromatic heterocycles. The van der Waals surface area contributed by atoms with Crippen molar-refractivity contribution in [3.8, 4) is 0 Å². The highest BCUT2D eigenvalue weighted by molar-refractivity contribution is 9.10. The van der Waals surface area contributed by atoms with E-state index in [-0.39, 0.29) is 21.8 Å². The fraction of sp³-hybridized carbons (Fsp3) is 0.0435. The Labute approximate surface area is 205 Å². The Morgan fingerprint density at radius 1 is 0.941 bits per heavy atom. The van der Waals surface area contributed by atoms with Crippen LogP contribution in [-0.2, 0) is 9.59 Å². The number of nitrogens with one attached hydrogen (secondary N) is 1. The monoisotopic (exact) mass is 538 g/mol. The molecule has 1 saturated heterocycles. The van der Waals surface area contributed by atoms with Crippen molar-refractivity contribution in [3.05, 3.63) is 75.2 Å². The summed E-state index contributed by atoms with van der Waals surface area (Å²) in [6.07, 6.45) is 0.876. The second-order valence-corrected chi connectivity index (χ2v) is 8.73. The highest BCUT2D eigenvalue weighted by Crippen LogP contribution is 2.34. The van der Waals surface area contributed by atoms with E-state index in [0.717, 1.165) is 15.6 Å². The second kappa shape index (κ2) is 8.15. The quantitative estimate of drug-likeness (QED) is 0.309. The average molecular weight is 540 g/mol. The summed E-state index contributed by atoms with van der Waals surface area (Å²) in [4.78, 5) is 64.6. The maximum atomic E-state index is 13.0. The Balaban J connectivity index is 1.50. The molecule has 1 N–H and O–H groups in total. The Kier molecular flexibility index (Phi) is 5.26. The first-order valence-electron chi connectivity index (χ1n) is 9.86. The van der Waals surface area contributed by atoms with Gasteiger partial charge in [-0.25, -0.2) is 9.69 Å². The van der Waals surface area contributed by atoms with Crippen LogP contribution in [0.4, 0.5) is 10.5 Å². The van der Waals surface area contributed by atoms with Crippen LogP contribution in [0.5, 0.6) is 0 Å². The van der Waals surface area contributed by atoms with Gasteiger partial charge < -0.3 is 0 Å². The van der Waals surface area contributed by atoms with E-state index in [4.69, 9.17) is 11.6 Å². The number of amides is 6. The molecule has 0 bridgehead atoms. The summed E-state index contributed by atoms with van der Waals surface area (Å²) >= 11 is 9.37. The Hall–Kier alpha value is -3.89. The number of carbonyl (C=O) groups is 5. The van der Waals surface area contributed by atoms with Gasteiger partial charge in [0.25, 0.3) is 17.7 Å². The van der Waals surface area contributed by atoms with E-state index in [1.54, 1.807) is 42.5 Å². The van der Waals surface area contributed by atoms with Crippen molar-refractivity contribution in [2.45, 2.75) is 0 Å². The van der Waals surface area contributed by atoms with Crippen LogP contribution in [0.1, 0.15) is 20.7 Å². The zero-order chi connectivity index (χ0) is 24.1. The van der Waals surface area contributed by atoms with Gasteiger partial charge in [-0.15, -0.1) is 0 Å². The highest BCUT2D eigenvalue weighted by atomic mass is 79.9. The molecule has 1 fully saturated rings. The molecule has 168 valence electrons. The zero-order valence-electron chi connectivity index (χ0n) is 17.0. The van der Waals surface area contributed by atoms with Crippen molar-refractivity contribution < 1.29 is 24.0 Å². The smallest absolute Gasteiger partial charge is 0.276 e. The summed E-state index contributed by atoms with van der Waals surface area (Å²) in [5.74, 6) is -4.80. The number of anilines is 1. The van der Waals surface area contributed by atoms with Gasteiger partial charge in [0.2, 0.25) is 5.91 Å². The SMILES string of the molecule is O=C1NC(=O)N(c2cccc(Cl)c2)C(=O)C1C=NN1C(=O)c2cccc3c(Br)ccc(c23)C1=O. The largest absolute Gasteiger partial charge is 0.335 e. The number of nitrogens with zero attached hydrogens (tertiary/aromatic N) is 3. The third kappa shape index (κ3) is 3.39. The molecular weight excluding hydrogens is 528 g/mol. The number of urea groups is 1. The van der Waals surface area contributed by atoms with E-state index >= 15 is 0 Å². The minimum atomic E-state index is -1.56. The first-order chi connectivity index (χ1) is 16.3. The molecule has 0 spiro atoms. The summed E-state index contributed by atoms with van der Waals surface area (Å²) in [6.45, 7) is 0. The number of benzene rings is 3. The molecule has 1 atom stereocenters. The summed E-state index contributed by atoms with van der Waals surface area (Å²) in [7, 11) is 0. The lowest BCUT2D eigenvalue weighted by Gasteiger charge is -2.29. The van der Waals surface area contributed by atoms with E-state index in [1.807, 2.05) is 0 Å². The highest BCUT2D eigenvalue weighted by Gasteiger charge is 2.41. The summed E-state index contributed by atoms with van der Waals surface area (Å²) < 4.78 is 0.723. The van der Waals surface area contributed by atoms with E-state index in [0.29, 0.717) is 15.8 Å². The maximum Gasteiger partial charge on any atom is 0.335 e. The number of barbiturate groups is 1. The molecule has 2 aliphatic heterocycles. The molecule has 34 heavy (non-hydrogen) atoms. The van der Waals surface area contributed by atoms with E-state index in [1.165, 1.54) is 12.1 Å². The average Bonchev–Trinajstić information content (AvgIpc) is 2.80. The van der Waals surface area contributed by atoms with Gasteiger partial charge in [0.15, 0.2) is 5.92 Å². The third-order valence-electron chi connectivity index (χ3n) is 5.43. The fourth-order valence-electron chi connectivity index (χ4n) is 3.87. The van der Waals surface area contributed by atoms with Crippen LogP contribution in [0.2, 0.25) is 5.02 Å². The first-order valence-corrected chi connectivity index (χ1v) is 11.0. The van der Waals surface area contributed by atoms with Crippen LogP contribution in [-0.4, -0.2) is 40.9 Å². The number of hydrazone groups is 1. The van der Waals surface area contributed by atoms with E-state index < -0.39 is 35.6 Å². The Morgan fingerprint density at radius 2 is 1.65 bits per heavy atom. The molecule has 1 unspecified atom stereocenters. The third-order valence-corrected chi connectivity index (χ3v) is 6.36. The zero-order valence-corrected chi connectivity index (χ0v) is 19.3. The predicted molar refractivity (Wildman–Crippen MR) is 127 cm³/mol. The van der Waals surface area contributed by atoms with Gasteiger partial charge in [-0.1, -0.05) is 45.7 Å². The van der Waals surface area contributed by atoms with Crippen molar-refractivity contribution in [2.24, 2.45) is 11.0 Å². The second-order valence-electron chi connectivity index (χ2n) is 7.44. The first kappa shape index (κ1) is 21.9. The summed E-state index contributed by atoms with van der Waals surface area (Å²) in [6, 6.07) is 13.3. The molecule has 2 aliphatic rings. The van der Waals surface area contributed by atoms with Crippen molar-refractivity contribution >= 4 is 79.9 Å². The standard InChI is InChI=1S/C23H12BrClN4O5/c24-17-8-7-15-18-13(17)5-2-6-14(18)21(32)29(22(15)33)26-10-16-19(30)27-23(34)28(20(16)31)12-4-1-3-11(25)9-12/h1-10,16H,(H,27,30,34). The van der Waals surface area contributed by atoms with Crippen molar-refractivity contribution in [3.63, 3.8) is 0 Å². The Morgan fingerprint density at radius 3 is 2.38 bits per heavy atom. The van der Waals surface area contributed by atoms with Crippen molar-refractivity contribution in [2.75, 3.05) is 4.90 Å². The lowest BCUT2D eigenvalue weighted by Crippen LogP contribution is -2.58. The minimum Gasteiger partial charge on any atom is -0.276 e. The van der Waals surface area contributed by atoms with Gasteiger partial charge in [-0.05, 0) is 41.8 Å². The number of rotatable bonds is 3. The van der Waals surface area contributed by atoms with Crippen LogP contribution in [0.3, 0.4) is 0 Å². The van der Waals surface area contributed by atoms with Crippen LogP contribution in [0, 0.1) is 5.92 Å². The predicted octanol–water partition coefficient (Wildman–Crippen LogP) is 3.74. The van der Waals surface area contributed by atoms with Crippen LogP contribution >= 0.6 is 27.5 Å². The lowest BCUT2D eigenvalue weighted by molar-refractivity contribution is -0.131. The number of hydrogen-bond acceptors (Lipinski definition) is 6. The normalized spacial score (nSPS) is 18.3. The topological polar surface area (TPSA) is 116 Å². The number of halogens is 2. The molecule has 0 saturated carbocycles. The molecule has 3 aromatic rings. The number of imide groups is 3. The molecule has 6 amide bonds. The van der Waals surface area contributed by atoms with E-state index in [9.17, 15) is 24.0 Å². The van der Waals surface area contributed by atoms with Gasteiger partial charge in [-0.3, -0.25) is 24.5 Å². The van der Waals surface area contributed by atoms with Gasteiger partial charge in [0, 0.05) is 21.1 Å². The van der Waals surface area contributed by atoms with Gasteiger partial charge >= 0.3 is 6.03 Å². The van der Waals surface area contributed by atoms with Crippen LogP contribution in [0.15, 0.2) is 64.2 Å². The Bertz CT molecular complexity index is 1470. The molecule has 5 rings (SSSR count).